The zero-order valence-electron chi connectivity index (χ0n) is 11.0. The van der Waals surface area contributed by atoms with Gasteiger partial charge in [0.2, 0.25) is 11.5 Å². The van der Waals surface area contributed by atoms with Crippen LogP contribution in [0.5, 0.6) is 11.5 Å². The van der Waals surface area contributed by atoms with Crippen molar-refractivity contribution >= 4 is 20.2 Å². The molecule has 0 aliphatic rings. The quantitative estimate of drug-likeness (QED) is 0.786. The average molecular weight is 321 g/mol. The Bertz CT molecular complexity index is 680. The van der Waals surface area contributed by atoms with Gasteiger partial charge in [0, 0.05) is 4.57 Å². The molecule has 0 radical (unpaired) electrons. The molecule has 22 heavy (non-hydrogen) atoms. The minimum absolute atomic E-state index is 0.135. The molecule has 0 unspecified atom stereocenters. The van der Waals surface area contributed by atoms with Crippen molar-refractivity contribution in [2.75, 3.05) is 0 Å². The van der Waals surface area contributed by atoms with E-state index in [-0.39, 0.29) is 22.6 Å². The third-order valence-electron chi connectivity index (χ3n) is 2.58. The van der Waals surface area contributed by atoms with Crippen molar-refractivity contribution in [3.05, 3.63) is 59.7 Å². The third kappa shape index (κ3) is 3.59. The summed E-state index contributed by atoms with van der Waals surface area (Å²) in [6.07, 6.45) is 0. The molecule has 0 atom stereocenters. The summed E-state index contributed by atoms with van der Waals surface area (Å²) in [6, 6.07) is 11.2. The molecule has 0 aromatic heterocycles. The molecule has 0 saturated carbocycles. The molecule has 0 fully saturated rings. The van der Waals surface area contributed by atoms with Crippen LogP contribution in [0.15, 0.2) is 48.5 Å². The van der Waals surface area contributed by atoms with Crippen LogP contribution >= 0.6 is 8.25 Å². The summed E-state index contributed by atoms with van der Waals surface area (Å²) in [5.74, 6) is -2.76. The highest BCUT2D eigenvalue weighted by Gasteiger charge is 2.29. The zero-order chi connectivity index (χ0) is 16.1. The smallest absolute Gasteiger partial charge is 0.478 e. The van der Waals surface area contributed by atoms with Gasteiger partial charge in [0.25, 0.3) is 0 Å². The van der Waals surface area contributed by atoms with E-state index in [9.17, 15) is 14.2 Å². The van der Waals surface area contributed by atoms with Gasteiger partial charge in [-0.3, -0.25) is 0 Å². The first-order valence-corrected chi connectivity index (χ1v) is 7.06. The van der Waals surface area contributed by atoms with Crippen LogP contribution in [0.2, 0.25) is 0 Å². The molecular formula is C14H10O7P+. The second kappa shape index (κ2) is 6.69. The van der Waals surface area contributed by atoms with E-state index in [1.54, 1.807) is 0 Å². The number of carbonyl (C=O) groups is 2. The van der Waals surface area contributed by atoms with Gasteiger partial charge in [0.15, 0.2) is 0 Å². The molecule has 0 aliphatic carbocycles. The number of benzene rings is 2. The maximum absolute atomic E-state index is 11.8. The summed E-state index contributed by atoms with van der Waals surface area (Å²) in [5.41, 5.74) is -0.359. The minimum Gasteiger partial charge on any atom is -0.478 e. The summed E-state index contributed by atoms with van der Waals surface area (Å²) in [7, 11) is -2.79. The Labute approximate surface area is 125 Å². The monoisotopic (exact) mass is 321 g/mol. The molecule has 0 aliphatic heterocycles. The normalized spacial score (nSPS) is 9.82. The van der Waals surface area contributed by atoms with Crippen molar-refractivity contribution in [1.29, 1.82) is 0 Å². The molecule has 2 aromatic rings. The second-order valence-corrected chi connectivity index (χ2v) is 4.82. The van der Waals surface area contributed by atoms with Crippen molar-refractivity contribution in [3.8, 4) is 11.5 Å². The molecule has 0 amide bonds. The topological polar surface area (TPSA) is 110 Å². The average Bonchev–Trinajstić information content (AvgIpc) is 2.47. The molecule has 2 aromatic carbocycles. The third-order valence-corrected chi connectivity index (χ3v) is 3.27. The van der Waals surface area contributed by atoms with Gasteiger partial charge < -0.3 is 10.2 Å². The fraction of sp³-hybridized carbons (Fsp3) is 0. The summed E-state index contributed by atoms with van der Waals surface area (Å²) < 4.78 is 21.8. The first-order chi connectivity index (χ1) is 10.5. The van der Waals surface area contributed by atoms with Crippen LogP contribution in [0.3, 0.4) is 0 Å². The molecule has 112 valence electrons. The van der Waals surface area contributed by atoms with Crippen LogP contribution in [0.25, 0.3) is 0 Å². The highest BCUT2D eigenvalue weighted by Crippen LogP contribution is 2.34. The first kappa shape index (κ1) is 15.5. The molecule has 0 bridgehead atoms. The molecule has 0 heterocycles. The zero-order valence-corrected chi connectivity index (χ0v) is 11.9. The fourth-order valence-corrected chi connectivity index (χ4v) is 2.30. The number of carboxylic acids is 2. The molecule has 2 rings (SSSR count). The van der Waals surface area contributed by atoms with Crippen LogP contribution in [0.1, 0.15) is 20.7 Å². The van der Waals surface area contributed by atoms with Crippen molar-refractivity contribution in [2.45, 2.75) is 0 Å². The van der Waals surface area contributed by atoms with Gasteiger partial charge in [-0.25, -0.2) is 18.6 Å². The maximum Gasteiger partial charge on any atom is 0.805 e. The Morgan fingerprint density at radius 1 is 0.773 bits per heavy atom. The van der Waals surface area contributed by atoms with Crippen molar-refractivity contribution in [2.24, 2.45) is 0 Å². The minimum atomic E-state index is -2.79. The van der Waals surface area contributed by atoms with Crippen molar-refractivity contribution < 1.29 is 33.4 Å². The van der Waals surface area contributed by atoms with Crippen LogP contribution in [0, 0.1) is 0 Å². The predicted octanol–water partition coefficient (Wildman–Crippen LogP) is 3.20. The lowest BCUT2D eigenvalue weighted by Gasteiger charge is -2.00. The first-order valence-electron chi connectivity index (χ1n) is 5.97. The fourth-order valence-electron chi connectivity index (χ4n) is 1.63. The summed E-state index contributed by atoms with van der Waals surface area (Å²) in [6.45, 7) is 0. The van der Waals surface area contributed by atoms with E-state index in [1.165, 1.54) is 48.5 Å². The summed E-state index contributed by atoms with van der Waals surface area (Å²) in [5, 5.41) is 18.0. The van der Waals surface area contributed by atoms with Crippen LogP contribution in [-0.2, 0) is 4.57 Å². The van der Waals surface area contributed by atoms with E-state index in [0.29, 0.717) is 0 Å². The van der Waals surface area contributed by atoms with E-state index in [2.05, 4.69) is 0 Å². The molecule has 8 heteroatoms. The Kier molecular flexibility index (Phi) is 4.70. The van der Waals surface area contributed by atoms with Gasteiger partial charge >= 0.3 is 20.2 Å². The highest BCUT2D eigenvalue weighted by atomic mass is 31.1. The molecule has 7 nitrogen and oxygen atoms in total. The number of rotatable bonds is 6. The van der Waals surface area contributed by atoms with E-state index in [1.807, 2.05) is 0 Å². The van der Waals surface area contributed by atoms with E-state index < -0.39 is 20.2 Å². The molecule has 0 saturated heterocycles. The maximum atomic E-state index is 11.8. The van der Waals surface area contributed by atoms with E-state index in [4.69, 9.17) is 19.3 Å². The number of hydrogen-bond donors (Lipinski definition) is 2. The lowest BCUT2D eigenvalue weighted by atomic mass is 10.2. The van der Waals surface area contributed by atoms with E-state index in [0.717, 1.165) is 0 Å². The van der Waals surface area contributed by atoms with Gasteiger partial charge in [0.05, 0.1) is 0 Å². The van der Waals surface area contributed by atoms with Gasteiger partial charge in [-0.1, -0.05) is 24.3 Å². The standard InChI is InChI=1S/C14H9O7P/c15-13(16)9-5-1-3-7-11(9)20-22(19)21-12-8-4-2-6-10(12)14(17)18/h1-8H,(H-,15,16,17,18)/p+1. The Balaban J connectivity index is 2.18. The second-order valence-electron chi connectivity index (χ2n) is 4.01. The summed E-state index contributed by atoms with van der Waals surface area (Å²) in [4.78, 5) is 22.0. The van der Waals surface area contributed by atoms with Crippen LogP contribution in [-0.4, -0.2) is 22.2 Å². The SMILES string of the molecule is O=C(O)c1ccccc1O[P+](=O)Oc1ccccc1C(=O)O. The van der Waals surface area contributed by atoms with Crippen LogP contribution < -0.4 is 9.05 Å². The predicted molar refractivity (Wildman–Crippen MR) is 75.7 cm³/mol. The number of para-hydroxylation sites is 2. The Morgan fingerprint density at radius 2 is 1.14 bits per heavy atom. The highest BCUT2D eigenvalue weighted by molar-refractivity contribution is 7.34. The number of carboxylic acid groups (broad SMARTS) is 2. The van der Waals surface area contributed by atoms with Gasteiger partial charge in [-0.2, -0.15) is 0 Å². The molecular weight excluding hydrogens is 311 g/mol. The lowest BCUT2D eigenvalue weighted by molar-refractivity contribution is 0.0684. The summed E-state index contributed by atoms with van der Waals surface area (Å²) >= 11 is 0. The number of hydrogen-bond acceptors (Lipinski definition) is 5. The molecule has 0 spiro atoms. The van der Waals surface area contributed by atoms with E-state index >= 15 is 0 Å². The van der Waals surface area contributed by atoms with Gasteiger partial charge in [-0.15, -0.1) is 0 Å². The van der Waals surface area contributed by atoms with Crippen LogP contribution in [0.4, 0.5) is 0 Å². The lowest BCUT2D eigenvalue weighted by Crippen LogP contribution is -2.02. The van der Waals surface area contributed by atoms with Gasteiger partial charge in [-0.05, 0) is 24.3 Å². The van der Waals surface area contributed by atoms with Crippen molar-refractivity contribution in [3.63, 3.8) is 0 Å². The largest absolute Gasteiger partial charge is 0.805 e. The Hall–Kier alpha value is -2.92. The van der Waals surface area contributed by atoms with Gasteiger partial charge in [0.1, 0.15) is 11.1 Å². The number of aromatic carboxylic acids is 2. The molecule has 2 N–H and O–H groups in total. The van der Waals surface area contributed by atoms with Crippen molar-refractivity contribution in [1.82, 2.24) is 0 Å². The Morgan fingerprint density at radius 3 is 1.50 bits per heavy atom.